The van der Waals surface area contributed by atoms with Gasteiger partial charge in [-0.3, -0.25) is 0 Å². The molecule has 4 rings (SSSR count). The zero-order chi connectivity index (χ0) is 19.5. The van der Waals surface area contributed by atoms with E-state index < -0.39 is 0 Å². The molecule has 0 amide bonds. The molecule has 1 aliphatic rings. The highest BCUT2D eigenvalue weighted by molar-refractivity contribution is 7.73. The minimum absolute atomic E-state index is 0.824. The molecule has 7 heteroatoms. The van der Waals surface area contributed by atoms with Crippen LogP contribution >= 0.6 is 23.6 Å². The van der Waals surface area contributed by atoms with Crippen molar-refractivity contribution in [3.05, 3.63) is 63.6 Å². The number of benzene rings is 2. The number of anilines is 3. The van der Waals surface area contributed by atoms with Gasteiger partial charge in [0.15, 0.2) is 10.6 Å². The lowest BCUT2D eigenvalue weighted by Crippen LogP contribution is -3.14. The Labute approximate surface area is 175 Å². The molecule has 5 nitrogen and oxygen atoms in total. The van der Waals surface area contributed by atoms with Crippen molar-refractivity contribution in [1.82, 2.24) is 9.78 Å². The number of para-hydroxylation sites is 1. The Bertz CT molecular complexity index is 988. The molecular formula is C21H26N5S2+. The highest BCUT2D eigenvalue weighted by Gasteiger charge is 2.21. The van der Waals surface area contributed by atoms with Crippen molar-refractivity contribution in [1.29, 1.82) is 0 Å². The van der Waals surface area contributed by atoms with Crippen molar-refractivity contribution in [2.24, 2.45) is 0 Å². The molecule has 28 heavy (non-hydrogen) atoms. The molecule has 0 saturated carbocycles. The third-order valence-corrected chi connectivity index (χ3v) is 6.42. The maximum atomic E-state index is 5.57. The van der Waals surface area contributed by atoms with Gasteiger partial charge in [-0.15, -0.1) is 5.10 Å². The second kappa shape index (κ2) is 8.43. The van der Waals surface area contributed by atoms with Gasteiger partial charge < -0.3 is 15.1 Å². The van der Waals surface area contributed by atoms with Crippen LogP contribution in [0.1, 0.15) is 11.1 Å². The van der Waals surface area contributed by atoms with E-state index in [9.17, 15) is 0 Å². The molecule has 3 aromatic rings. The Morgan fingerprint density at radius 3 is 2.57 bits per heavy atom. The van der Waals surface area contributed by atoms with Crippen molar-refractivity contribution in [3.63, 3.8) is 0 Å². The van der Waals surface area contributed by atoms with Crippen molar-refractivity contribution >= 4 is 40.1 Å². The van der Waals surface area contributed by atoms with Crippen LogP contribution in [0.5, 0.6) is 0 Å². The van der Waals surface area contributed by atoms with E-state index >= 15 is 0 Å². The lowest BCUT2D eigenvalue weighted by Gasteiger charge is -2.33. The first-order valence-corrected chi connectivity index (χ1v) is 10.9. The molecule has 1 aromatic heterocycles. The summed E-state index contributed by atoms with van der Waals surface area (Å²) in [4.78, 5) is 3.98. The number of rotatable bonds is 5. The van der Waals surface area contributed by atoms with Gasteiger partial charge in [0.05, 0.1) is 26.2 Å². The molecular weight excluding hydrogens is 386 g/mol. The van der Waals surface area contributed by atoms with Crippen molar-refractivity contribution in [3.8, 4) is 0 Å². The van der Waals surface area contributed by atoms with Crippen LogP contribution in [0.4, 0.5) is 16.5 Å². The van der Waals surface area contributed by atoms with Crippen LogP contribution < -0.4 is 15.1 Å². The molecule has 0 atom stereocenters. The van der Waals surface area contributed by atoms with Crippen LogP contribution in [0.25, 0.3) is 0 Å². The minimum atomic E-state index is 0.824. The van der Waals surface area contributed by atoms with Gasteiger partial charge in [-0.05, 0) is 49.8 Å². The summed E-state index contributed by atoms with van der Waals surface area (Å²) in [6.07, 6.45) is 0. The predicted octanol–water partition coefficient (Wildman–Crippen LogP) is 3.40. The number of piperazine rings is 1. The summed E-state index contributed by atoms with van der Waals surface area (Å²) in [6.45, 7) is 9.35. The molecule has 1 aliphatic heterocycles. The standard InChI is InChI=1S/C21H25N5S2/c1-16-8-9-19(17(2)14-16)22-20-23-26(21(27)28-20)15-24-10-12-25(13-11-24)18-6-4-3-5-7-18/h3-9,14H,10-13,15H2,1-2H3,(H,22,23)/p+1. The number of quaternary nitrogens is 1. The zero-order valence-corrected chi connectivity index (χ0v) is 17.9. The summed E-state index contributed by atoms with van der Waals surface area (Å²) in [5.41, 5.74) is 4.88. The molecule has 0 unspecified atom stereocenters. The monoisotopic (exact) mass is 412 g/mol. The second-order valence-electron chi connectivity index (χ2n) is 7.35. The smallest absolute Gasteiger partial charge is 0.209 e. The summed E-state index contributed by atoms with van der Waals surface area (Å²) >= 11 is 7.11. The van der Waals surface area contributed by atoms with Crippen LogP contribution in [-0.4, -0.2) is 36.0 Å². The summed E-state index contributed by atoms with van der Waals surface area (Å²) in [6, 6.07) is 17.0. The molecule has 146 valence electrons. The first-order valence-electron chi connectivity index (χ1n) is 9.64. The van der Waals surface area contributed by atoms with Crippen molar-refractivity contribution in [2.45, 2.75) is 20.5 Å². The zero-order valence-electron chi connectivity index (χ0n) is 16.3. The van der Waals surface area contributed by atoms with Gasteiger partial charge in [0.25, 0.3) is 0 Å². The molecule has 0 aliphatic carbocycles. The number of hydrogen-bond acceptors (Lipinski definition) is 5. The third-order valence-electron chi connectivity index (χ3n) is 5.20. The molecule has 0 spiro atoms. The van der Waals surface area contributed by atoms with E-state index in [1.54, 1.807) is 0 Å². The third kappa shape index (κ3) is 4.43. The normalized spacial score (nSPS) is 15.0. The molecule has 0 radical (unpaired) electrons. The predicted molar refractivity (Wildman–Crippen MR) is 119 cm³/mol. The van der Waals surface area contributed by atoms with Gasteiger partial charge in [0, 0.05) is 11.4 Å². The minimum Gasteiger partial charge on any atom is -0.360 e. The fourth-order valence-corrected chi connectivity index (χ4v) is 4.63. The first-order chi connectivity index (χ1) is 13.6. The maximum Gasteiger partial charge on any atom is 0.209 e. The quantitative estimate of drug-likeness (QED) is 0.630. The lowest BCUT2D eigenvalue weighted by atomic mass is 10.1. The van der Waals surface area contributed by atoms with Crippen LogP contribution in [0.3, 0.4) is 0 Å². The van der Waals surface area contributed by atoms with Crippen LogP contribution in [0, 0.1) is 17.8 Å². The molecule has 2 N–H and O–H groups in total. The van der Waals surface area contributed by atoms with Gasteiger partial charge in [-0.2, -0.15) is 4.68 Å². The summed E-state index contributed by atoms with van der Waals surface area (Å²) in [5.74, 6) is 0. The topological polar surface area (TPSA) is 37.5 Å². The van der Waals surface area contributed by atoms with Gasteiger partial charge >= 0.3 is 0 Å². The molecule has 2 aromatic carbocycles. The van der Waals surface area contributed by atoms with Gasteiger partial charge in [0.2, 0.25) is 5.13 Å². The summed E-state index contributed by atoms with van der Waals surface area (Å²) in [7, 11) is 0. The molecule has 1 fully saturated rings. The van der Waals surface area contributed by atoms with Crippen molar-refractivity contribution in [2.75, 3.05) is 36.4 Å². The highest BCUT2D eigenvalue weighted by atomic mass is 32.1. The highest BCUT2D eigenvalue weighted by Crippen LogP contribution is 2.23. The van der Waals surface area contributed by atoms with Crippen LogP contribution in [0.2, 0.25) is 0 Å². The Morgan fingerprint density at radius 1 is 1.11 bits per heavy atom. The molecule has 2 heterocycles. The second-order valence-corrected chi connectivity index (χ2v) is 8.97. The van der Waals surface area contributed by atoms with Crippen molar-refractivity contribution < 1.29 is 4.90 Å². The van der Waals surface area contributed by atoms with Crippen LogP contribution in [0.15, 0.2) is 48.5 Å². The number of aryl methyl sites for hydroxylation is 2. The number of nitrogens with one attached hydrogen (secondary N) is 2. The number of aromatic nitrogens is 2. The van der Waals surface area contributed by atoms with E-state index in [0.717, 1.165) is 47.6 Å². The summed E-state index contributed by atoms with van der Waals surface area (Å²) in [5, 5.41) is 9.01. The van der Waals surface area contributed by atoms with E-state index in [4.69, 9.17) is 17.3 Å². The summed E-state index contributed by atoms with van der Waals surface area (Å²) < 4.78 is 2.80. The Morgan fingerprint density at radius 2 is 1.86 bits per heavy atom. The van der Waals surface area contributed by atoms with Gasteiger partial charge in [-0.25, -0.2) is 0 Å². The fraction of sp³-hybridized carbons (Fsp3) is 0.333. The van der Waals surface area contributed by atoms with E-state index in [1.807, 2.05) is 4.68 Å². The van der Waals surface area contributed by atoms with E-state index in [2.05, 4.69) is 72.6 Å². The van der Waals surface area contributed by atoms with Crippen LogP contribution in [-0.2, 0) is 6.67 Å². The van der Waals surface area contributed by atoms with E-state index in [0.29, 0.717) is 0 Å². The Balaban J connectivity index is 1.38. The van der Waals surface area contributed by atoms with Gasteiger partial charge in [-0.1, -0.05) is 47.2 Å². The SMILES string of the molecule is Cc1ccc(Nc2nn(C[NH+]3CCN(c4ccccc4)CC3)c(=S)s2)c(C)c1. The van der Waals surface area contributed by atoms with E-state index in [-0.39, 0.29) is 0 Å². The Hall–Kier alpha value is -2.22. The molecule has 1 saturated heterocycles. The lowest BCUT2D eigenvalue weighted by molar-refractivity contribution is -0.924. The van der Waals surface area contributed by atoms with E-state index in [1.165, 1.54) is 33.1 Å². The fourth-order valence-electron chi connectivity index (χ4n) is 3.62. The Kier molecular flexibility index (Phi) is 5.75. The number of hydrogen-bond donors (Lipinski definition) is 2. The largest absolute Gasteiger partial charge is 0.360 e. The number of nitrogens with zero attached hydrogens (tertiary/aromatic N) is 3. The maximum absolute atomic E-state index is 5.57. The van der Waals surface area contributed by atoms with Gasteiger partial charge in [0.1, 0.15) is 0 Å². The average Bonchev–Trinajstić information content (AvgIpc) is 3.04. The molecule has 0 bridgehead atoms. The first kappa shape index (κ1) is 19.1. The average molecular weight is 413 g/mol.